The molecule has 0 fully saturated rings. The van der Waals surface area contributed by atoms with Gasteiger partial charge in [-0.3, -0.25) is 0 Å². The van der Waals surface area contributed by atoms with Crippen LogP contribution in [0, 0.1) is 6.92 Å². The third-order valence-electron chi connectivity index (χ3n) is 4.09. The largest absolute Gasteiger partial charge is 0.497 e. The number of fused-ring (bicyclic) bond motifs is 1. The Kier molecular flexibility index (Phi) is 3.50. The van der Waals surface area contributed by atoms with Gasteiger partial charge in [0, 0.05) is 11.1 Å². The molecule has 4 nitrogen and oxygen atoms in total. The highest BCUT2D eigenvalue weighted by Crippen LogP contribution is 2.26. The van der Waals surface area contributed by atoms with E-state index in [-0.39, 0.29) is 0 Å². The predicted molar refractivity (Wildman–Crippen MR) is 95.1 cm³/mol. The summed E-state index contributed by atoms with van der Waals surface area (Å²) in [7, 11) is 1.67. The standard InChI is InChI=1S/C20H17N3O/c1-14-21-20(16-6-4-3-5-7-16)19-13-12-18(22-23(14)19)15-8-10-17(24-2)11-9-15/h3-13H,1-2H3. The zero-order chi connectivity index (χ0) is 16.5. The monoisotopic (exact) mass is 315 g/mol. The van der Waals surface area contributed by atoms with E-state index >= 15 is 0 Å². The van der Waals surface area contributed by atoms with Gasteiger partial charge in [-0.1, -0.05) is 30.3 Å². The maximum absolute atomic E-state index is 5.21. The first kappa shape index (κ1) is 14.5. The van der Waals surface area contributed by atoms with Gasteiger partial charge in [-0.25, -0.2) is 9.50 Å². The molecule has 24 heavy (non-hydrogen) atoms. The number of methoxy groups -OCH3 is 1. The van der Waals surface area contributed by atoms with Crippen LogP contribution in [0.4, 0.5) is 0 Å². The van der Waals surface area contributed by atoms with Crippen molar-refractivity contribution in [3.8, 4) is 28.3 Å². The van der Waals surface area contributed by atoms with Gasteiger partial charge in [0.25, 0.3) is 0 Å². The van der Waals surface area contributed by atoms with Crippen molar-refractivity contribution < 1.29 is 4.74 Å². The summed E-state index contributed by atoms with van der Waals surface area (Å²) in [4.78, 5) is 4.70. The van der Waals surface area contributed by atoms with Crippen LogP contribution in [0.2, 0.25) is 0 Å². The number of aromatic nitrogens is 3. The lowest BCUT2D eigenvalue weighted by Crippen LogP contribution is -1.96. The quantitative estimate of drug-likeness (QED) is 0.563. The van der Waals surface area contributed by atoms with Crippen LogP contribution in [-0.2, 0) is 0 Å². The molecule has 4 heteroatoms. The van der Waals surface area contributed by atoms with E-state index in [9.17, 15) is 0 Å². The molecule has 0 saturated carbocycles. The lowest BCUT2D eigenvalue weighted by Gasteiger charge is -2.05. The Morgan fingerprint density at radius 2 is 1.58 bits per heavy atom. The third-order valence-corrected chi connectivity index (χ3v) is 4.09. The van der Waals surface area contributed by atoms with E-state index in [4.69, 9.17) is 14.8 Å². The Hall–Kier alpha value is -3.14. The van der Waals surface area contributed by atoms with Crippen LogP contribution >= 0.6 is 0 Å². The molecule has 0 aliphatic rings. The van der Waals surface area contributed by atoms with Crippen LogP contribution < -0.4 is 4.74 Å². The number of nitrogens with zero attached hydrogens (tertiary/aromatic N) is 3. The number of benzene rings is 2. The molecule has 118 valence electrons. The smallest absolute Gasteiger partial charge is 0.128 e. The molecular weight excluding hydrogens is 298 g/mol. The zero-order valence-corrected chi connectivity index (χ0v) is 13.6. The number of ether oxygens (including phenoxy) is 1. The summed E-state index contributed by atoms with van der Waals surface area (Å²) in [5.74, 6) is 1.71. The molecule has 0 saturated heterocycles. The Labute approximate surface area is 140 Å². The molecule has 0 radical (unpaired) electrons. The maximum Gasteiger partial charge on any atom is 0.128 e. The highest BCUT2D eigenvalue weighted by Gasteiger charge is 2.12. The van der Waals surface area contributed by atoms with E-state index in [2.05, 4.69) is 18.2 Å². The molecule has 4 rings (SSSR count). The molecule has 0 amide bonds. The van der Waals surface area contributed by atoms with Crippen molar-refractivity contribution in [2.75, 3.05) is 7.11 Å². The van der Waals surface area contributed by atoms with E-state index in [1.54, 1.807) is 7.11 Å². The van der Waals surface area contributed by atoms with Crippen LogP contribution in [0.5, 0.6) is 5.75 Å². The highest BCUT2D eigenvalue weighted by molar-refractivity contribution is 5.78. The van der Waals surface area contributed by atoms with Crippen molar-refractivity contribution >= 4 is 5.52 Å². The van der Waals surface area contributed by atoms with E-state index in [0.717, 1.165) is 39.6 Å². The third kappa shape index (κ3) is 2.42. The second-order valence-electron chi connectivity index (χ2n) is 5.62. The van der Waals surface area contributed by atoms with Crippen molar-refractivity contribution in [1.82, 2.24) is 14.6 Å². The van der Waals surface area contributed by atoms with E-state index in [1.807, 2.05) is 60.0 Å². The van der Waals surface area contributed by atoms with Gasteiger partial charge in [-0.05, 0) is 43.3 Å². The second kappa shape index (κ2) is 5.81. The first-order valence-electron chi connectivity index (χ1n) is 7.82. The number of aryl methyl sites for hydroxylation is 1. The van der Waals surface area contributed by atoms with E-state index in [0.29, 0.717) is 0 Å². The normalized spacial score (nSPS) is 10.9. The minimum atomic E-state index is 0.838. The lowest BCUT2D eigenvalue weighted by atomic mass is 10.1. The summed E-state index contributed by atoms with van der Waals surface area (Å²) in [5.41, 5.74) is 5.03. The van der Waals surface area contributed by atoms with Crippen molar-refractivity contribution in [3.05, 3.63) is 72.6 Å². The van der Waals surface area contributed by atoms with Crippen molar-refractivity contribution in [2.24, 2.45) is 0 Å². The topological polar surface area (TPSA) is 39.4 Å². The fourth-order valence-corrected chi connectivity index (χ4v) is 2.84. The summed E-state index contributed by atoms with van der Waals surface area (Å²) in [5, 5.41) is 4.76. The summed E-state index contributed by atoms with van der Waals surface area (Å²) in [6, 6.07) is 22.2. The molecule has 0 bridgehead atoms. The van der Waals surface area contributed by atoms with Gasteiger partial charge in [0.05, 0.1) is 24.0 Å². The number of rotatable bonds is 3. The summed E-state index contributed by atoms with van der Waals surface area (Å²) >= 11 is 0. The van der Waals surface area contributed by atoms with Gasteiger partial charge in [0.1, 0.15) is 11.6 Å². The fraction of sp³-hybridized carbons (Fsp3) is 0.100. The number of hydrogen-bond donors (Lipinski definition) is 0. The van der Waals surface area contributed by atoms with Gasteiger partial charge in [-0.2, -0.15) is 5.10 Å². The zero-order valence-electron chi connectivity index (χ0n) is 13.6. The predicted octanol–water partition coefficient (Wildman–Crippen LogP) is 4.38. The molecule has 0 unspecified atom stereocenters. The highest BCUT2D eigenvalue weighted by atomic mass is 16.5. The Morgan fingerprint density at radius 3 is 2.29 bits per heavy atom. The maximum atomic E-state index is 5.21. The molecule has 0 aliphatic heterocycles. The molecule has 0 N–H and O–H groups in total. The van der Waals surface area contributed by atoms with Crippen molar-refractivity contribution in [2.45, 2.75) is 6.92 Å². The number of imidazole rings is 1. The van der Waals surface area contributed by atoms with Crippen molar-refractivity contribution in [1.29, 1.82) is 0 Å². The van der Waals surface area contributed by atoms with Gasteiger partial charge >= 0.3 is 0 Å². The van der Waals surface area contributed by atoms with Gasteiger partial charge in [0.2, 0.25) is 0 Å². The van der Waals surface area contributed by atoms with Crippen molar-refractivity contribution in [3.63, 3.8) is 0 Å². The molecule has 2 aromatic carbocycles. The molecule has 0 atom stereocenters. The first-order valence-corrected chi connectivity index (χ1v) is 7.82. The van der Waals surface area contributed by atoms with Crippen LogP contribution in [0.3, 0.4) is 0 Å². The van der Waals surface area contributed by atoms with Crippen LogP contribution in [0.25, 0.3) is 28.0 Å². The average Bonchev–Trinajstić information content (AvgIpc) is 2.99. The fourth-order valence-electron chi connectivity index (χ4n) is 2.84. The van der Waals surface area contributed by atoms with E-state index < -0.39 is 0 Å². The minimum absolute atomic E-state index is 0.838. The van der Waals surface area contributed by atoms with Gasteiger partial charge in [0.15, 0.2) is 0 Å². The van der Waals surface area contributed by atoms with E-state index in [1.165, 1.54) is 0 Å². The van der Waals surface area contributed by atoms with Crippen LogP contribution in [0.15, 0.2) is 66.7 Å². The summed E-state index contributed by atoms with van der Waals surface area (Å²) in [6.07, 6.45) is 0. The summed E-state index contributed by atoms with van der Waals surface area (Å²) in [6.45, 7) is 1.98. The molecule has 2 aromatic heterocycles. The van der Waals surface area contributed by atoms with Crippen LogP contribution in [0.1, 0.15) is 5.82 Å². The Balaban J connectivity index is 1.83. The Bertz CT molecular complexity index is 989. The average molecular weight is 315 g/mol. The number of hydrogen-bond acceptors (Lipinski definition) is 3. The molecular formula is C20H17N3O. The Morgan fingerprint density at radius 1 is 0.833 bits per heavy atom. The lowest BCUT2D eigenvalue weighted by molar-refractivity contribution is 0.415. The summed E-state index contributed by atoms with van der Waals surface area (Å²) < 4.78 is 7.12. The van der Waals surface area contributed by atoms with Crippen LogP contribution in [-0.4, -0.2) is 21.7 Å². The molecule has 4 aromatic rings. The molecule has 0 spiro atoms. The molecule has 0 aliphatic carbocycles. The SMILES string of the molecule is COc1ccc(-c2ccc3c(-c4ccccc4)nc(C)n3n2)cc1. The van der Waals surface area contributed by atoms with Gasteiger partial charge < -0.3 is 4.74 Å². The first-order chi connectivity index (χ1) is 11.8. The minimum Gasteiger partial charge on any atom is -0.497 e. The molecule has 2 heterocycles. The second-order valence-corrected chi connectivity index (χ2v) is 5.62. The van der Waals surface area contributed by atoms with Gasteiger partial charge in [-0.15, -0.1) is 0 Å².